The Morgan fingerprint density at radius 3 is 2.71 bits per heavy atom. The van der Waals surface area contributed by atoms with E-state index in [-0.39, 0.29) is 11.8 Å². The molecule has 2 atom stereocenters. The van der Waals surface area contributed by atoms with Crippen molar-refractivity contribution < 1.29 is 4.79 Å². The number of rotatable bonds is 2. The highest BCUT2D eigenvalue weighted by Crippen LogP contribution is 2.41. The Morgan fingerprint density at radius 1 is 1.53 bits per heavy atom. The van der Waals surface area contributed by atoms with Crippen LogP contribution in [0.5, 0.6) is 0 Å². The Kier molecular flexibility index (Phi) is 3.53. The van der Waals surface area contributed by atoms with E-state index in [1.54, 1.807) is 25.3 Å². The quantitative estimate of drug-likeness (QED) is 0.786. The Bertz CT molecular complexity index is 422. The lowest BCUT2D eigenvalue weighted by Gasteiger charge is -2.21. The molecule has 6 heteroatoms. The lowest BCUT2D eigenvalue weighted by molar-refractivity contribution is -0.119. The van der Waals surface area contributed by atoms with Gasteiger partial charge < -0.3 is 0 Å². The van der Waals surface area contributed by atoms with E-state index in [0.717, 1.165) is 0 Å². The highest BCUT2D eigenvalue weighted by Gasteiger charge is 2.52. The summed E-state index contributed by atoms with van der Waals surface area (Å²) in [5, 5.41) is 0. The summed E-state index contributed by atoms with van der Waals surface area (Å²) in [5.41, 5.74) is 0. The van der Waals surface area contributed by atoms with E-state index in [4.69, 9.17) is 34.8 Å². The SMILES string of the molecule is CC1(Cl)C(=O)N(c2ccccn2)CC1C(Cl)Cl. The van der Waals surface area contributed by atoms with E-state index < -0.39 is 9.71 Å². The van der Waals surface area contributed by atoms with Crippen LogP contribution >= 0.6 is 34.8 Å². The molecule has 1 aliphatic heterocycles. The van der Waals surface area contributed by atoms with Gasteiger partial charge in [0.1, 0.15) is 15.5 Å². The summed E-state index contributed by atoms with van der Waals surface area (Å²) >= 11 is 18.0. The molecule has 0 spiro atoms. The molecule has 2 rings (SSSR count). The Hall–Kier alpha value is -0.510. The number of hydrogen-bond donors (Lipinski definition) is 0. The second-order valence-electron chi connectivity index (χ2n) is 4.12. The number of carbonyl (C=O) groups excluding carboxylic acids is 1. The number of carbonyl (C=O) groups is 1. The minimum absolute atomic E-state index is 0.214. The third-order valence-electron chi connectivity index (χ3n) is 2.97. The molecule has 2 heterocycles. The average molecular weight is 294 g/mol. The third kappa shape index (κ3) is 2.24. The summed E-state index contributed by atoms with van der Waals surface area (Å²) in [6.45, 7) is 2.02. The highest BCUT2D eigenvalue weighted by atomic mass is 35.5. The zero-order valence-electron chi connectivity index (χ0n) is 9.11. The maximum Gasteiger partial charge on any atom is 0.249 e. The van der Waals surface area contributed by atoms with Gasteiger partial charge in [-0.3, -0.25) is 9.69 Å². The minimum Gasteiger partial charge on any atom is -0.295 e. The van der Waals surface area contributed by atoms with Crippen LogP contribution in [0.25, 0.3) is 0 Å². The zero-order chi connectivity index (χ0) is 12.6. The number of hydrogen-bond acceptors (Lipinski definition) is 2. The van der Waals surface area contributed by atoms with Crippen molar-refractivity contribution in [2.75, 3.05) is 11.4 Å². The number of nitrogens with zero attached hydrogens (tertiary/aromatic N) is 2. The second kappa shape index (κ2) is 4.63. The van der Waals surface area contributed by atoms with Crippen molar-refractivity contribution in [3.63, 3.8) is 0 Å². The number of anilines is 1. The molecule has 3 nitrogen and oxygen atoms in total. The van der Waals surface area contributed by atoms with Crippen LogP contribution < -0.4 is 4.90 Å². The van der Waals surface area contributed by atoms with E-state index in [9.17, 15) is 4.79 Å². The summed E-state index contributed by atoms with van der Waals surface area (Å²) < 4.78 is 0. The molecule has 0 bridgehead atoms. The number of halogens is 3. The summed E-state index contributed by atoms with van der Waals surface area (Å²) in [7, 11) is 0. The number of aromatic nitrogens is 1. The molecule has 92 valence electrons. The first-order valence-corrected chi connectivity index (χ1v) is 6.39. The van der Waals surface area contributed by atoms with Gasteiger partial charge in [0.2, 0.25) is 5.91 Å². The van der Waals surface area contributed by atoms with Gasteiger partial charge in [-0.1, -0.05) is 6.07 Å². The zero-order valence-corrected chi connectivity index (χ0v) is 11.4. The number of pyridine rings is 1. The van der Waals surface area contributed by atoms with Crippen LogP contribution in [0.4, 0.5) is 5.82 Å². The fourth-order valence-corrected chi connectivity index (χ4v) is 2.99. The van der Waals surface area contributed by atoms with E-state index in [1.807, 2.05) is 6.07 Å². The van der Waals surface area contributed by atoms with Crippen LogP contribution in [-0.2, 0) is 4.79 Å². The summed E-state index contributed by atoms with van der Waals surface area (Å²) in [6, 6.07) is 5.35. The normalized spacial score (nSPS) is 29.1. The lowest BCUT2D eigenvalue weighted by Crippen LogP contribution is -2.37. The lowest BCUT2D eigenvalue weighted by atomic mass is 9.98. The third-order valence-corrected chi connectivity index (χ3v) is 4.02. The number of alkyl halides is 3. The van der Waals surface area contributed by atoms with Crippen molar-refractivity contribution in [3.8, 4) is 0 Å². The van der Waals surface area contributed by atoms with Gasteiger partial charge in [0.25, 0.3) is 0 Å². The van der Waals surface area contributed by atoms with Gasteiger partial charge in [-0.05, 0) is 19.1 Å². The van der Waals surface area contributed by atoms with Crippen molar-refractivity contribution in [1.82, 2.24) is 4.98 Å². The molecule has 17 heavy (non-hydrogen) atoms. The maximum atomic E-state index is 12.2. The van der Waals surface area contributed by atoms with Gasteiger partial charge in [-0.15, -0.1) is 34.8 Å². The molecule has 1 aromatic rings. The first-order valence-electron chi connectivity index (χ1n) is 5.14. The predicted molar refractivity (Wildman–Crippen MR) is 69.8 cm³/mol. The molecular formula is C11H11Cl3N2O. The van der Waals surface area contributed by atoms with Gasteiger partial charge in [0, 0.05) is 18.7 Å². The predicted octanol–water partition coefficient (Wildman–Crippen LogP) is 2.85. The van der Waals surface area contributed by atoms with E-state index in [2.05, 4.69) is 4.98 Å². The van der Waals surface area contributed by atoms with Crippen molar-refractivity contribution >= 4 is 46.5 Å². The second-order valence-corrected chi connectivity index (χ2v) is 6.07. The van der Waals surface area contributed by atoms with Crippen LogP contribution in [0.1, 0.15) is 6.92 Å². The van der Waals surface area contributed by atoms with Crippen LogP contribution in [0.3, 0.4) is 0 Å². The fraction of sp³-hybridized carbons (Fsp3) is 0.455. The van der Waals surface area contributed by atoms with Crippen LogP contribution in [0.2, 0.25) is 0 Å². The first-order chi connectivity index (χ1) is 7.94. The molecule has 1 aromatic heterocycles. The van der Waals surface area contributed by atoms with Crippen molar-refractivity contribution in [1.29, 1.82) is 0 Å². The molecule has 0 saturated carbocycles. The van der Waals surface area contributed by atoms with Gasteiger partial charge >= 0.3 is 0 Å². The Morgan fingerprint density at radius 2 is 2.24 bits per heavy atom. The molecule has 0 aromatic carbocycles. The molecule has 1 saturated heterocycles. The van der Waals surface area contributed by atoms with Crippen molar-refractivity contribution in [3.05, 3.63) is 24.4 Å². The summed E-state index contributed by atoms with van der Waals surface area (Å²) in [5.74, 6) is 0.0389. The van der Waals surface area contributed by atoms with E-state index >= 15 is 0 Å². The minimum atomic E-state index is -1.08. The molecule has 1 amide bonds. The topological polar surface area (TPSA) is 33.2 Å². The van der Waals surface area contributed by atoms with Crippen molar-refractivity contribution in [2.24, 2.45) is 5.92 Å². The Labute approximate surface area is 115 Å². The first kappa shape index (κ1) is 12.9. The van der Waals surface area contributed by atoms with E-state index in [1.165, 1.54) is 4.90 Å². The molecule has 0 aliphatic carbocycles. The smallest absolute Gasteiger partial charge is 0.249 e. The van der Waals surface area contributed by atoms with Crippen LogP contribution in [0.15, 0.2) is 24.4 Å². The summed E-state index contributed by atoms with van der Waals surface area (Å²) in [4.78, 5) is 16.1. The fourth-order valence-electron chi connectivity index (χ4n) is 1.90. The maximum absolute atomic E-state index is 12.2. The Balaban J connectivity index is 2.32. The average Bonchev–Trinajstić information content (AvgIpc) is 2.52. The van der Waals surface area contributed by atoms with Gasteiger partial charge in [0.05, 0.1) is 0 Å². The molecular weight excluding hydrogens is 282 g/mol. The standard InChI is InChI=1S/C11H11Cl3N2O/c1-11(14)7(9(12)13)6-16(10(11)17)8-4-2-3-5-15-8/h2-5,7,9H,6H2,1H3. The molecule has 0 N–H and O–H groups in total. The molecule has 1 aliphatic rings. The van der Waals surface area contributed by atoms with Gasteiger partial charge in [-0.2, -0.15) is 0 Å². The van der Waals surface area contributed by atoms with Crippen LogP contribution in [-0.4, -0.2) is 27.1 Å². The van der Waals surface area contributed by atoms with Crippen LogP contribution in [0, 0.1) is 5.92 Å². The highest BCUT2D eigenvalue weighted by molar-refractivity contribution is 6.46. The largest absolute Gasteiger partial charge is 0.295 e. The van der Waals surface area contributed by atoms with Crippen molar-refractivity contribution in [2.45, 2.75) is 16.6 Å². The monoisotopic (exact) mass is 292 g/mol. The van der Waals surface area contributed by atoms with Gasteiger partial charge in [0.15, 0.2) is 0 Å². The molecule has 1 fully saturated rings. The molecule has 0 radical (unpaired) electrons. The summed E-state index contributed by atoms with van der Waals surface area (Å²) in [6.07, 6.45) is 1.63. The van der Waals surface area contributed by atoms with Gasteiger partial charge in [-0.25, -0.2) is 4.98 Å². The van der Waals surface area contributed by atoms with E-state index in [0.29, 0.717) is 12.4 Å². The molecule has 2 unspecified atom stereocenters. The number of amides is 1.